The molecule has 2 aliphatic rings. The first kappa shape index (κ1) is 28.7. The van der Waals surface area contributed by atoms with E-state index < -0.39 is 39.9 Å². The van der Waals surface area contributed by atoms with E-state index in [2.05, 4.69) is 105 Å². The molecule has 2 aromatic carbocycles. The SMILES string of the molecule is C[CH]=[Zr+2][C]1(C2C([SiH](C)C)=C(O[Si](C)(C)C)c3c(CC)cccc32)C=Cc2ccccc21.[Cl-].[Cl-]. The first-order chi connectivity index (χ1) is 14.7. The number of aryl methyl sites for hydroxylation is 1. The van der Waals surface area contributed by atoms with Gasteiger partial charge in [-0.1, -0.05) is 0 Å². The number of fused-ring (bicyclic) bond motifs is 2. The van der Waals surface area contributed by atoms with Gasteiger partial charge >= 0.3 is 203 Å². The molecule has 0 saturated carbocycles. The molecule has 33 heavy (non-hydrogen) atoms. The van der Waals surface area contributed by atoms with Crippen LogP contribution in [0.3, 0.4) is 0 Å². The van der Waals surface area contributed by atoms with Crippen molar-refractivity contribution in [3.8, 4) is 0 Å². The molecule has 6 heteroatoms. The average molecular weight is 594 g/mol. The predicted octanol–water partition coefficient (Wildman–Crippen LogP) is 0.770. The topological polar surface area (TPSA) is 9.23 Å². The summed E-state index contributed by atoms with van der Waals surface area (Å²) >= 11 is -0.848. The Balaban J connectivity index is 0.00000193. The van der Waals surface area contributed by atoms with Crippen LogP contribution in [0.25, 0.3) is 11.8 Å². The molecule has 0 heterocycles. The molecular formula is C27H35Cl2OSi2Zr. The Kier molecular flexibility index (Phi) is 9.61. The van der Waals surface area contributed by atoms with Crippen molar-refractivity contribution in [3.63, 3.8) is 0 Å². The predicted molar refractivity (Wildman–Crippen MR) is 138 cm³/mol. The van der Waals surface area contributed by atoms with Crippen molar-refractivity contribution in [2.75, 3.05) is 0 Å². The first-order valence-corrected chi connectivity index (χ1v) is 20.6. The molecule has 2 unspecified atom stereocenters. The summed E-state index contributed by atoms with van der Waals surface area (Å²) in [6, 6.07) is 16.2. The Bertz CT molecular complexity index is 1100. The fraction of sp³-hybridized carbons (Fsp3) is 0.370. The van der Waals surface area contributed by atoms with Gasteiger partial charge in [0.05, 0.1) is 0 Å². The van der Waals surface area contributed by atoms with Crippen LogP contribution in [0.4, 0.5) is 0 Å². The third kappa shape index (κ3) is 5.07. The van der Waals surface area contributed by atoms with E-state index in [1.165, 1.54) is 28.0 Å². The van der Waals surface area contributed by atoms with Crippen molar-refractivity contribution in [2.45, 2.75) is 62.0 Å². The summed E-state index contributed by atoms with van der Waals surface area (Å²) in [5.74, 6) is 1.72. The van der Waals surface area contributed by atoms with Crippen LogP contribution in [0.2, 0.25) is 32.7 Å². The molecule has 0 spiro atoms. The van der Waals surface area contributed by atoms with Gasteiger partial charge in [-0.25, -0.2) is 0 Å². The van der Waals surface area contributed by atoms with E-state index in [0.717, 1.165) is 6.42 Å². The zero-order chi connectivity index (χ0) is 22.4. The van der Waals surface area contributed by atoms with Gasteiger partial charge in [0.1, 0.15) is 0 Å². The minimum Gasteiger partial charge on any atom is -1.00 e. The van der Waals surface area contributed by atoms with Crippen LogP contribution in [-0.4, -0.2) is 20.8 Å². The largest absolute Gasteiger partial charge is 1.00 e. The number of hydrogen-bond donors (Lipinski definition) is 0. The molecule has 1 nitrogen and oxygen atoms in total. The van der Waals surface area contributed by atoms with E-state index in [1.807, 2.05) is 0 Å². The van der Waals surface area contributed by atoms with Crippen LogP contribution in [-0.2, 0) is 36.7 Å². The van der Waals surface area contributed by atoms with Crippen molar-refractivity contribution in [2.24, 2.45) is 0 Å². The van der Waals surface area contributed by atoms with Crippen molar-refractivity contribution in [1.82, 2.24) is 0 Å². The maximum absolute atomic E-state index is 6.98. The number of rotatable bonds is 6. The molecule has 2 atom stereocenters. The smallest absolute Gasteiger partial charge is 1.00 e. The summed E-state index contributed by atoms with van der Waals surface area (Å²) in [6.07, 6.45) is 6.05. The standard InChI is InChI=1S/C25H31OSi2.C2H4.2ClH.Zr/c1-7-17-12-10-14-21-22(17)24(26-28(4,5)6)25(27(2)3)23(21)20-16-15-18-11-8-9-13-19(18)20;1-2;;;/h8-16,23,27H,7H2,1-6H3;1H,2H3;2*1H;/q;;;;+2/p-2. The third-order valence-corrected chi connectivity index (χ3v) is 12.8. The third-order valence-electron chi connectivity index (χ3n) is 6.48. The van der Waals surface area contributed by atoms with Gasteiger partial charge in [0, 0.05) is 0 Å². The summed E-state index contributed by atoms with van der Waals surface area (Å²) in [5.41, 5.74) is 7.41. The van der Waals surface area contributed by atoms with E-state index in [1.54, 1.807) is 10.8 Å². The Labute approximate surface area is 226 Å². The summed E-state index contributed by atoms with van der Waals surface area (Å²) < 4.78 is 9.66. The van der Waals surface area contributed by atoms with Gasteiger partial charge in [-0.15, -0.1) is 0 Å². The molecule has 175 valence electrons. The van der Waals surface area contributed by atoms with Crippen molar-refractivity contribution in [3.05, 3.63) is 81.6 Å². The average Bonchev–Trinajstić information content (AvgIpc) is 3.24. The Morgan fingerprint density at radius 1 is 1.06 bits per heavy atom. The van der Waals surface area contributed by atoms with Gasteiger partial charge in [-0.3, -0.25) is 0 Å². The number of hydrogen-bond acceptors (Lipinski definition) is 1. The second kappa shape index (κ2) is 11.0. The minimum atomic E-state index is -1.75. The number of halogens is 2. The minimum absolute atomic E-state index is 0. The Morgan fingerprint density at radius 2 is 1.76 bits per heavy atom. The summed E-state index contributed by atoms with van der Waals surface area (Å²) in [7, 11) is -2.87. The summed E-state index contributed by atoms with van der Waals surface area (Å²) in [6.45, 7) is 16.6. The van der Waals surface area contributed by atoms with E-state index in [0.29, 0.717) is 5.92 Å². The molecular weight excluding hydrogens is 559 g/mol. The van der Waals surface area contributed by atoms with Gasteiger partial charge in [0.2, 0.25) is 0 Å². The summed E-state index contributed by atoms with van der Waals surface area (Å²) in [5, 5.41) is 1.67. The maximum atomic E-state index is 6.98. The van der Waals surface area contributed by atoms with Crippen molar-refractivity contribution in [1.29, 1.82) is 0 Å². The molecule has 0 aromatic heterocycles. The second-order valence-electron chi connectivity index (χ2n) is 10.0. The van der Waals surface area contributed by atoms with Gasteiger partial charge in [0.15, 0.2) is 0 Å². The molecule has 0 saturated heterocycles. The van der Waals surface area contributed by atoms with Gasteiger partial charge < -0.3 is 24.8 Å². The number of allylic oxidation sites excluding steroid dienone is 2. The van der Waals surface area contributed by atoms with Crippen molar-refractivity contribution >= 4 is 32.7 Å². The van der Waals surface area contributed by atoms with Crippen LogP contribution in [0.5, 0.6) is 0 Å². The van der Waals surface area contributed by atoms with Gasteiger partial charge in [0.25, 0.3) is 0 Å². The van der Waals surface area contributed by atoms with Gasteiger partial charge in [-0.2, -0.15) is 0 Å². The molecule has 0 radical (unpaired) electrons. The summed E-state index contributed by atoms with van der Waals surface area (Å²) in [4.78, 5) is 0. The molecule has 0 fully saturated rings. The van der Waals surface area contributed by atoms with E-state index in [4.69, 9.17) is 4.43 Å². The zero-order valence-electron chi connectivity index (χ0n) is 20.8. The number of benzene rings is 2. The van der Waals surface area contributed by atoms with Gasteiger partial charge in [-0.05, 0) is 0 Å². The van der Waals surface area contributed by atoms with Crippen LogP contribution in [0, 0.1) is 0 Å². The van der Waals surface area contributed by atoms with Crippen molar-refractivity contribution < 1.29 is 52.0 Å². The zero-order valence-corrected chi connectivity index (χ0v) is 26.9. The molecule has 2 aromatic rings. The Morgan fingerprint density at radius 3 is 2.36 bits per heavy atom. The van der Waals surface area contributed by atoms with Crippen LogP contribution < -0.4 is 24.8 Å². The fourth-order valence-corrected chi connectivity index (χ4v) is 12.3. The van der Waals surface area contributed by atoms with Crippen LogP contribution >= 0.6 is 0 Å². The quantitative estimate of drug-likeness (QED) is 0.450. The normalized spacial score (nSPS) is 20.9. The molecule has 0 aliphatic heterocycles. The maximum Gasteiger partial charge on any atom is -1.00 e. The fourth-order valence-electron chi connectivity index (χ4n) is 5.41. The van der Waals surface area contributed by atoms with Crippen LogP contribution in [0.1, 0.15) is 47.6 Å². The molecule has 0 N–H and O–H groups in total. The first-order valence-electron chi connectivity index (χ1n) is 11.6. The Hall–Kier alpha value is -0.513. The van der Waals surface area contributed by atoms with E-state index >= 15 is 0 Å². The van der Waals surface area contributed by atoms with E-state index in [9.17, 15) is 0 Å². The molecule has 4 rings (SSSR count). The second-order valence-corrected chi connectivity index (χ2v) is 21.6. The van der Waals surface area contributed by atoms with Crippen LogP contribution in [0.15, 0.2) is 53.7 Å². The molecule has 0 bridgehead atoms. The monoisotopic (exact) mass is 591 g/mol. The molecule has 0 amide bonds. The molecule has 2 aliphatic carbocycles. The van der Waals surface area contributed by atoms with E-state index in [-0.39, 0.29) is 27.9 Å².